The van der Waals surface area contributed by atoms with Crippen LogP contribution in [-0.4, -0.2) is 42.9 Å². The summed E-state index contributed by atoms with van der Waals surface area (Å²) in [5.41, 5.74) is 0. The number of ketones is 1. The van der Waals surface area contributed by atoms with Crippen LogP contribution in [0.4, 0.5) is 0 Å². The van der Waals surface area contributed by atoms with Gasteiger partial charge in [0.1, 0.15) is 6.61 Å². The van der Waals surface area contributed by atoms with Gasteiger partial charge in [-0.25, -0.2) is 0 Å². The molecule has 4 nitrogen and oxygen atoms in total. The average molecular weight is 171 g/mol. The second-order valence-electron chi connectivity index (χ2n) is 2.76. The monoisotopic (exact) mass is 171 g/mol. The van der Waals surface area contributed by atoms with Gasteiger partial charge in [0.05, 0.1) is 13.2 Å². The van der Waals surface area contributed by atoms with Crippen molar-refractivity contribution in [2.24, 2.45) is 0 Å². The smallest absolute Gasteiger partial charge is 0.249 e. The van der Waals surface area contributed by atoms with Gasteiger partial charge in [-0.2, -0.15) is 0 Å². The van der Waals surface area contributed by atoms with Crippen LogP contribution in [0.25, 0.3) is 0 Å². The summed E-state index contributed by atoms with van der Waals surface area (Å²) in [5.74, 6) is 0.0216. The maximum atomic E-state index is 11.1. The standard InChI is InChI=1S/C8H13NO3/c1-2-7(10)5-9-3-4-12-6-8(9)11/h2-6H2,1H3. The lowest BCUT2D eigenvalue weighted by molar-refractivity contribution is -0.145. The van der Waals surface area contributed by atoms with E-state index in [0.29, 0.717) is 19.6 Å². The van der Waals surface area contributed by atoms with Crippen LogP contribution in [0.2, 0.25) is 0 Å². The third kappa shape index (κ3) is 2.30. The molecule has 1 aliphatic heterocycles. The number of hydrogen-bond donors (Lipinski definition) is 0. The number of Topliss-reactive ketones (excluding diaryl/α,β-unsaturated/α-hetero) is 1. The fourth-order valence-electron chi connectivity index (χ4n) is 1.04. The van der Waals surface area contributed by atoms with E-state index in [9.17, 15) is 9.59 Å². The molecular formula is C8H13NO3. The van der Waals surface area contributed by atoms with Gasteiger partial charge in [0, 0.05) is 13.0 Å². The highest BCUT2D eigenvalue weighted by Gasteiger charge is 2.19. The minimum Gasteiger partial charge on any atom is -0.370 e. The molecular weight excluding hydrogens is 158 g/mol. The van der Waals surface area contributed by atoms with Crippen LogP contribution in [0.15, 0.2) is 0 Å². The third-order valence-electron chi connectivity index (χ3n) is 1.85. The molecule has 1 fully saturated rings. The van der Waals surface area contributed by atoms with Gasteiger partial charge < -0.3 is 9.64 Å². The summed E-state index contributed by atoms with van der Waals surface area (Å²) in [6, 6.07) is 0. The second-order valence-corrected chi connectivity index (χ2v) is 2.76. The summed E-state index contributed by atoms with van der Waals surface area (Å²) in [4.78, 5) is 23.6. The lowest BCUT2D eigenvalue weighted by Crippen LogP contribution is -2.44. The van der Waals surface area contributed by atoms with Gasteiger partial charge in [-0.1, -0.05) is 6.92 Å². The largest absolute Gasteiger partial charge is 0.370 e. The van der Waals surface area contributed by atoms with Crippen LogP contribution in [0.5, 0.6) is 0 Å². The van der Waals surface area contributed by atoms with Gasteiger partial charge in [-0.05, 0) is 0 Å². The zero-order chi connectivity index (χ0) is 8.97. The minimum atomic E-state index is -0.0805. The van der Waals surface area contributed by atoms with Crippen molar-refractivity contribution in [3.8, 4) is 0 Å². The Morgan fingerprint density at radius 1 is 1.67 bits per heavy atom. The number of amides is 1. The number of carbonyl (C=O) groups is 2. The van der Waals surface area contributed by atoms with Gasteiger partial charge in [0.15, 0.2) is 5.78 Å². The summed E-state index contributed by atoms with van der Waals surface area (Å²) >= 11 is 0. The van der Waals surface area contributed by atoms with Crippen LogP contribution >= 0.6 is 0 Å². The topological polar surface area (TPSA) is 46.6 Å². The molecule has 0 bridgehead atoms. The maximum absolute atomic E-state index is 11.1. The van der Waals surface area contributed by atoms with Crippen LogP contribution in [0.3, 0.4) is 0 Å². The van der Waals surface area contributed by atoms with E-state index in [2.05, 4.69) is 0 Å². The lowest BCUT2D eigenvalue weighted by atomic mass is 10.3. The Bertz CT molecular complexity index is 191. The first-order valence-electron chi connectivity index (χ1n) is 4.11. The van der Waals surface area contributed by atoms with E-state index in [1.165, 1.54) is 0 Å². The van der Waals surface area contributed by atoms with Crippen molar-refractivity contribution in [2.45, 2.75) is 13.3 Å². The Labute approximate surface area is 71.5 Å². The highest BCUT2D eigenvalue weighted by Crippen LogP contribution is 1.99. The second kappa shape index (κ2) is 4.21. The summed E-state index contributed by atoms with van der Waals surface area (Å²) in [6.45, 7) is 3.26. The number of rotatable bonds is 3. The number of ether oxygens (including phenoxy) is 1. The molecule has 0 aliphatic carbocycles. The SMILES string of the molecule is CCC(=O)CN1CCOCC1=O. The summed E-state index contributed by atoms with van der Waals surface area (Å²) in [7, 11) is 0. The highest BCUT2D eigenvalue weighted by molar-refractivity contribution is 5.86. The molecule has 0 radical (unpaired) electrons. The van der Waals surface area contributed by atoms with Crippen LogP contribution in [0.1, 0.15) is 13.3 Å². The molecule has 0 aromatic carbocycles. The van der Waals surface area contributed by atoms with Crippen molar-refractivity contribution in [2.75, 3.05) is 26.3 Å². The fourth-order valence-corrected chi connectivity index (χ4v) is 1.04. The summed E-state index contributed by atoms with van der Waals surface area (Å²) in [6.07, 6.45) is 0.491. The molecule has 0 atom stereocenters. The molecule has 1 aliphatic rings. The van der Waals surface area contributed by atoms with E-state index in [1.807, 2.05) is 0 Å². The van der Waals surface area contributed by atoms with Crippen molar-refractivity contribution >= 4 is 11.7 Å². The van der Waals surface area contributed by atoms with Gasteiger partial charge in [-0.15, -0.1) is 0 Å². The quantitative estimate of drug-likeness (QED) is 0.592. The minimum absolute atomic E-state index is 0.0805. The molecule has 1 amide bonds. The van der Waals surface area contributed by atoms with Crippen LogP contribution < -0.4 is 0 Å². The molecule has 0 aromatic rings. The zero-order valence-electron chi connectivity index (χ0n) is 7.21. The van der Waals surface area contributed by atoms with E-state index >= 15 is 0 Å². The molecule has 0 N–H and O–H groups in total. The molecule has 1 heterocycles. The molecule has 12 heavy (non-hydrogen) atoms. The number of morpholine rings is 1. The fraction of sp³-hybridized carbons (Fsp3) is 0.750. The molecule has 4 heteroatoms. The zero-order valence-corrected chi connectivity index (χ0v) is 7.21. The van der Waals surface area contributed by atoms with Crippen molar-refractivity contribution < 1.29 is 14.3 Å². The van der Waals surface area contributed by atoms with E-state index in [0.717, 1.165) is 0 Å². The Kier molecular flexibility index (Phi) is 3.22. The Hall–Kier alpha value is -0.900. The third-order valence-corrected chi connectivity index (χ3v) is 1.85. The first kappa shape index (κ1) is 9.19. The van der Waals surface area contributed by atoms with Crippen molar-refractivity contribution in [3.05, 3.63) is 0 Å². The molecule has 0 saturated carbocycles. The van der Waals surface area contributed by atoms with Gasteiger partial charge in [-0.3, -0.25) is 9.59 Å². The predicted molar refractivity (Wildman–Crippen MR) is 42.7 cm³/mol. The molecule has 0 unspecified atom stereocenters. The lowest BCUT2D eigenvalue weighted by Gasteiger charge is -2.25. The Morgan fingerprint density at radius 2 is 2.42 bits per heavy atom. The number of hydrogen-bond acceptors (Lipinski definition) is 3. The van der Waals surface area contributed by atoms with Crippen LogP contribution in [-0.2, 0) is 14.3 Å². The van der Waals surface area contributed by atoms with E-state index < -0.39 is 0 Å². The molecule has 68 valence electrons. The maximum Gasteiger partial charge on any atom is 0.249 e. The molecule has 1 saturated heterocycles. The van der Waals surface area contributed by atoms with E-state index in [4.69, 9.17) is 4.74 Å². The van der Waals surface area contributed by atoms with Gasteiger partial charge in [0.2, 0.25) is 5.91 Å². The number of nitrogens with zero attached hydrogens (tertiary/aromatic N) is 1. The summed E-state index contributed by atoms with van der Waals surface area (Å²) < 4.78 is 4.92. The normalized spacial score (nSPS) is 18.1. The predicted octanol–water partition coefficient (Wildman–Crippen LogP) is -0.176. The summed E-state index contributed by atoms with van der Waals surface area (Å²) in [5, 5.41) is 0. The van der Waals surface area contributed by atoms with Gasteiger partial charge in [0.25, 0.3) is 0 Å². The van der Waals surface area contributed by atoms with Crippen molar-refractivity contribution in [3.63, 3.8) is 0 Å². The Morgan fingerprint density at radius 3 is 3.00 bits per heavy atom. The average Bonchev–Trinajstić information content (AvgIpc) is 2.09. The molecule has 0 spiro atoms. The Balaban J connectivity index is 2.39. The van der Waals surface area contributed by atoms with Crippen molar-refractivity contribution in [1.29, 1.82) is 0 Å². The highest BCUT2D eigenvalue weighted by atomic mass is 16.5. The van der Waals surface area contributed by atoms with E-state index in [-0.39, 0.29) is 24.8 Å². The molecule has 1 rings (SSSR count). The first-order chi connectivity index (χ1) is 5.74. The van der Waals surface area contributed by atoms with E-state index in [1.54, 1.807) is 11.8 Å². The molecule has 0 aromatic heterocycles. The number of carbonyl (C=O) groups excluding carboxylic acids is 2. The first-order valence-corrected chi connectivity index (χ1v) is 4.11. The van der Waals surface area contributed by atoms with Gasteiger partial charge >= 0.3 is 0 Å². The van der Waals surface area contributed by atoms with Crippen LogP contribution in [0, 0.1) is 0 Å². The van der Waals surface area contributed by atoms with Crippen molar-refractivity contribution in [1.82, 2.24) is 4.90 Å².